The maximum absolute atomic E-state index is 12.8. The van der Waals surface area contributed by atoms with Crippen molar-refractivity contribution >= 4 is 34.0 Å². The lowest BCUT2D eigenvalue weighted by Crippen LogP contribution is -2.51. The van der Waals surface area contributed by atoms with E-state index in [0.29, 0.717) is 18.1 Å². The van der Waals surface area contributed by atoms with Crippen molar-refractivity contribution in [2.45, 2.75) is 13.0 Å². The van der Waals surface area contributed by atoms with Gasteiger partial charge in [0, 0.05) is 60.1 Å². The highest BCUT2D eigenvalue weighted by atomic mass is 35.5. The monoisotopic (exact) mass is 394 g/mol. The number of pyridine rings is 1. The highest BCUT2D eigenvalue weighted by molar-refractivity contribution is 6.30. The molecule has 2 aromatic carbocycles. The molecule has 0 spiro atoms. The largest absolute Gasteiger partial charge is 0.367 e. The Balaban J connectivity index is 1.48. The third-order valence-electron chi connectivity index (χ3n) is 5.38. The topological polar surface area (TPSA) is 62.5 Å². The number of nitrogens with zero attached hydrogens (tertiary/aromatic N) is 3. The van der Waals surface area contributed by atoms with E-state index in [1.165, 1.54) is 11.1 Å². The Bertz CT molecular complexity index is 992. The van der Waals surface area contributed by atoms with Crippen molar-refractivity contribution in [3.05, 3.63) is 71.0 Å². The van der Waals surface area contributed by atoms with Gasteiger partial charge in [0.1, 0.15) is 6.04 Å². The second-order valence-corrected chi connectivity index (χ2v) is 7.61. The Kier molecular flexibility index (Phi) is 5.20. The van der Waals surface area contributed by atoms with E-state index in [1.54, 1.807) is 12.1 Å². The van der Waals surface area contributed by atoms with E-state index in [9.17, 15) is 4.79 Å². The number of anilines is 1. The first kappa shape index (κ1) is 18.7. The van der Waals surface area contributed by atoms with E-state index in [1.807, 2.05) is 29.4 Å². The van der Waals surface area contributed by atoms with Gasteiger partial charge in [0.2, 0.25) is 5.91 Å². The van der Waals surface area contributed by atoms with E-state index in [4.69, 9.17) is 17.3 Å². The zero-order chi connectivity index (χ0) is 19.7. The molecule has 1 unspecified atom stereocenters. The Morgan fingerprint density at radius 3 is 2.50 bits per heavy atom. The number of aromatic nitrogens is 1. The molecule has 0 bridgehead atoms. The summed E-state index contributed by atoms with van der Waals surface area (Å²) in [5, 5.41) is 3.01. The fourth-order valence-corrected chi connectivity index (χ4v) is 3.96. The van der Waals surface area contributed by atoms with Crippen LogP contribution in [0.2, 0.25) is 5.02 Å². The number of hydrogen-bond donors (Lipinski definition) is 1. The lowest BCUT2D eigenvalue weighted by Gasteiger charge is -2.37. The minimum absolute atomic E-state index is 0.0414. The maximum atomic E-state index is 12.8. The van der Waals surface area contributed by atoms with Gasteiger partial charge in [-0.3, -0.25) is 9.78 Å². The number of nitrogens with two attached hydrogens (primary N) is 1. The van der Waals surface area contributed by atoms with Crippen molar-refractivity contribution in [1.29, 1.82) is 0 Å². The first-order valence-electron chi connectivity index (χ1n) is 9.43. The molecule has 4 rings (SSSR count). The molecule has 28 heavy (non-hydrogen) atoms. The summed E-state index contributed by atoms with van der Waals surface area (Å²) in [6.07, 6.45) is 3.80. The van der Waals surface area contributed by atoms with Crippen LogP contribution in [-0.4, -0.2) is 42.0 Å². The highest BCUT2D eigenvalue weighted by Crippen LogP contribution is 2.30. The number of rotatable bonds is 3. The summed E-state index contributed by atoms with van der Waals surface area (Å²) in [6, 6.07) is 12.8. The van der Waals surface area contributed by atoms with Crippen molar-refractivity contribution in [3.63, 3.8) is 0 Å². The molecule has 1 aliphatic rings. The van der Waals surface area contributed by atoms with Gasteiger partial charge in [-0.25, -0.2) is 0 Å². The molecule has 1 fully saturated rings. The maximum Gasteiger partial charge on any atom is 0.244 e. The Morgan fingerprint density at radius 1 is 1.07 bits per heavy atom. The summed E-state index contributed by atoms with van der Waals surface area (Å²) >= 11 is 5.93. The lowest BCUT2D eigenvalue weighted by atomic mass is 10.0. The molecule has 0 aliphatic carbocycles. The van der Waals surface area contributed by atoms with Crippen LogP contribution in [0.3, 0.4) is 0 Å². The van der Waals surface area contributed by atoms with Gasteiger partial charge in [-0.05, 0) is 36.2 Å². The molecule has 1 aromatic heterocycles. The van der Waals surface area contributed by atoms with Crippen LogP contribution in [0.4, 0.5) is 5.69 Å². The van der Waals surface area contributed by atoms with E-state index in [0.717, 1.165) is 29.6 Å². The van der Waals surface area contributed by atoms with Crippen molar-refractivity contribution in [2.75, 3.05) is 31.1 Å². The molecular weight excluding hydrogens is 372 g/mol. The first-order chi connectivity index (χ1) is 13.5. The summed E-state index contributed by atoms with van der Waals surface area (Å²) < 4.78 is 0. The normalized spacial score (nSPS) is 15.7. The molecule has 1 amide bonds. The zero-order valence-electron chi connectivity index (χ0n) is 15.8. The molecule has 2 heterocycles. The number of carbonyl (C=O) groups is 1. The Labute approximate surface area is 169 Å². The molecule has 5 nitrogen and oxygen atoms in total. The molecular formula is C22H23ClN4O. The smallest absolute Gasteiger partial charge is 0.244 e. The van der Waals surface area contributed by atoms with Crippen molar-refractivity contribution in [3.8, 4) is 0 Å². The molecule has 144 valence electrons. The molecule has 1 aliphatic heterocycles. The number of halogens is 1. The van der Waals surface area contributed by atoms with Gasteiger partial charge >= 0.3 is 0 Å². The van der Waals surface area contributed by atoms with Crippen molar-refractivity contribution in [1.82, 2.24) is 9.88 Å². The van der Waals surface area contributed by atoms with Crippen molar-refractivity contribution < 1.29 is 4.79 Å². The van der Waals surface area contributed by atoms with E-state index >= 15 is 0 Å². The summed E-state index contributed by atoms with van der Waals surface area (Å²) in [5.41, 5.74) is 9.35. The Morgan fingerprint density at radius 2 is 1.79 bits per heavy atom. The standard InChI is InChI=1S/C22H23ClN4O/c1-15-13-25-14-17-3-2-4-19(20(15)17)26-9-11-27(12-10-26)22(28)21(24)16-5-7-18(23)8-6-16/h2-8,13-14,21H,9-12,24H2,1H3. The van der Waals surface area contributed by atoms with Gasteiger partial charge in [0.15, 0.2) is 0 Å². The zero-order valence-corrected chi connectivity index (χ0v) is 16.6. The van der Waals surface area contributed by atoms with Gasteiger partial charge in [-0.1, -0.05) is 35.9 Å². The predicted molar refractivity (Wildman–Crippen MR) is 114 cm³/mol. The van der Waals surface area contributed by atoms with Crippen LogP contribution in [0.15, 0.2) is 54.9 Å². The minimum atomic E-state index is -0.658. The number of aryl methyl sites for hydroxylation is 1. The van der Waals surface area contributed by atoms with E-state index in [-0.39, 0.29) is 5.91 Å². The number of amides is 1. The van der Waals surface area contributed by atoms with Gasteiger partial charge in [0.25, 0.3) is 0 Å². The van der Waals surface area contributed by atoms with E-state index < -0.39 is 6.04 Å². The van der Waals surface area contributed by atoms with Crippen LogP contribution in [0.1, 0.15) is 17.2 Å². The minimum Gasteiger partial charge on any atom is -0.367 e. The average Bonchev–Trinajstić information content (AvgIpc) is 2.73. The number of carbonyl (C=O) groups excluding carboxylic acids is 1. The van der Waals surface area contributed by atoms with Crippen LogP contribution in [0.5, 0.6) is 0 Å². The fourth-order valence-electron chi connectivity index (χ4n) is 3.83. The van der Waals surface area contributed by atoms with Crippen LogP contribution in [-0.2, 0) is 4.79 Å². The van der Waals surface area contributed by atoms with Gasteiger partial charge in [0.05, 0.1) is 0 Å². The summed E-state index contributed by atoms with van der Waals surface area (Å²) in [6.45, 7) is 4.95. The summed E-state index contributed by atoms with van der Waals surface area (Å²) in [7, 11) is 0. The molecule has 0 saturated carbocycles. The van der Waals surface area contributed by atoms with Crippen LogP contribution >= 0.6 is 11.6 Å². The van der Waals surface area contributed by atoms with Gasteiger partial charge < -0.3 is 15.5 Å². The molecule has 0 radical (unpaired) electrons. The second-order valence-electron chi connectivity index (χ2n) is 7.17. The lowest BCUT2D eigenvalue weighted by molar-refractivity contribution is -0.133. The van der Waals surface area contributed by atoms with Crippen LogP contribution in [0.25, 0.3) is 10.8 Å². The second kappa shape index (κ2) is 7.78. The molecule has 3 aromatic rings. The average molecular weight is 395 g/mol. The van der Waals surface area contributed by atoms with Crippen LogP contribution < -0.4 is 10.6 Å². The van der Waals surface area contributed by atoms with Crippen LogP contribution in [0, 0.1) is 6.92 Å². The Hall–Kier alpha value is -2.63. The van der Waals surface area contributed by atoms with E-state index in [2.05, 4.69) is 35.0 Å². The fraction of sp³-hybridized carbons (Fsp3) is 0.273. The molecule has 2 N–H and O–H groups in total. The number of benzene rings is 2. The first-order valence-corrected chi connectivity index (χ1v) is 9.80. The quantitative estimate of drug-likeness (QED) is 0.738. The molecule has 1 atom stereocenters. The third kappa shape index (κ3) is 3.55. The number of piperazine rings is 1. The predicted octanol–water partition coefficient (Wildman–Crippen LogP) is 3.55. The SMILES string of the molecule is Cc1cncc2cccc(N3CCN(C(=O)C(N)c4ccc(Cl)cc4)CC3)c12. The molecule has 1 saturated heterocycles. The number of fused-ring (bicyclic) bond motifs is 1. The molecule has 6 heteroatoms. The summed E-state index contributed by atoms with van der Waals surface area (Å²) in [4.78, 5) is 21.3. The third-order valence-corrected chi connectivity index (χ3v) is 5.63. The van der Waals surface area contributed by atoms with Gasteiger partial charge in [-0.15, -0.1) is 0 Å². The number of hydrogen-bond acceptors (Lipinski definition) is 4. The van der Waals surface area contributed by atoms with Crippen molar-refractivity contribution in [2.24, 2.45) is 5.73 Å². The summed E-state index contributed by atoms with van der Waals surface area (Å²) in [5.74, 6) is -0.0414. The highest BCUT2D eigenvalue weighted by Gasteiger charge is 2.27. The van der Waals surface area contributed by atoms with Gasteiger partial charge in [-0.2, -0.15) is 0 Å².